The van der Waals surface area contributed by atoms with Crippen LogP contribution in [0.4, 0.5) is 0 Å². The molecule has 0 unspecified atom stereocenters. The predicted molar refractivity (Wildman–Crippen MR) is 69.8 cm³/mol. The summed E-state index contributed by atoms with van der Waals surface area (Å²) < 4.78 is 0. The Morgan fingerprint density at radius 2 is 1.81 bits per heavy atom. The predicted octanol–water partition coefficient (Wildman–Crippen LogP) is 2.78. The van der Waals surface area contributed by atoms with Gasteiger partial charge in [-0.2, -0.15) is 0 Å². The van der Waals surface area contributed by atoms with Gasteiger partial charge in [0.2, 0.25) is 0 Å². The number of nitrogens with zero attached hydrogens (tertiary/aromatic N) is 1. The third-order valence-electron chi connectivity index (χ3n) is 4.35. The Hall–Kier alpha value is -0.0800. The van der Waals surface area contributed by atoms with E-state index >= 15 is 0 Å². The van der Waals surface area contributed by atoms with E-state index in [2.05, 4.69) is 17.1 Å². The third-order valence-corrected chi connectivity index (χ3v) is 4.35. The lowest BCUT2D eigenvalue weighted by Gasteiger charge is -2.33. The van der Waals surface area contributed by atoms with E-state index in [-0.39, 0.29) is 0 Å². The number of hydrogen-bond acceptors (Lipinski definition) is 2. The van der Waals surface area contributed by atoms with Gasteiger partial charge >= 0.3 is 0 Å². The zero-order chi connectivity index (χ0) is 11.2. The lowest BCUT2D eigenvalue weighted by atomic mass is 10.0. The molecule has 0 amide bonds. The van der Waals surface area contributed by atoms with Crippen molar-refractivity contribution >= 4 is 0 Å². The van der Waals surface area contributed by atoms with E-state index in [9.17, 15) is 0 Å². The van der Waals surface area contributed by atoms with Crippen molar-refractivity contribution in [3.05, 3.63) is 0 Å². The average Bonchev–Trinajstić information content (AvgIpc) is 2.79. The molecule has 1 aliphatic heterocycles. The molecular weight excluding hydrogens is 196 g/mol. The van der Waals surface area contributed by atoms with Gasteiger partial charge in [-0.3, -0.25) is 0 Å². The number of piperidine rings is 1. The quantitative estimate of drug-likeness (QED) is 0.722. The molecule has 2 rings (SSSR count). The Kier molecular flexibility index (Phi) is 5.11. The van der Waals surface area contributed by atoms with Crippen molar-refractivity contribution in [3.8, 4) is 0 Å². The zero-order valence-electron chi connectivity index (χ0n) is 10.9. The molecule has 1 aliphatic carbocycles. The first-order valence-corrected chi connectivity index (χ1v) is 7.33. The molecule has 2 aliphatic rings. The summed E-state index contributed by atoms with van der Waals surface area (Å²) in [6, 6.07) is 1.68. The Labute approximate surface area is 101 Å². The molecule has 94 valence electrons. The number of nitrogens with one attached hydrogen (secondary N) is 1. The van der Waals surface area contributed by atoms with E-state index in [0.717, 1.165) is 12.1 Å². The Balaban J connectivity index is 1.53. The van der Waals surface area contributed by atoms with Crippen molar-refractivity contribution < 1.29 is 0 Å². The van der Waals surface area contributed by atoms with Crippen LogP contribution in [0, 0.1) is 0 Å². The van der Waals surface area contributed by atoms with Gasteiger partial charge in [0.25, 0.3) is 0 Å². The first-order valence-electron chi connectivity index (χ1n) is 7.33. The summed E-state index contributed by atoms with van der Waals surface area (Å²) >= 11 is 0. The zero-order valence-corrected chi connectivity index (χ0v) is 10.9. The van der Waals surface area contributed by atoms with Gasteiger partial charge in [-0.15, -0.1) is 0 Å². The molecule has 0 aromatic rings. The van der Waals surface area contributed by atoms with E-state index in [0.29, 0.717) is 0 Å². The highest BCUT2D eigenvalue weighted by Crippen LogP contribution is 2.18. The van der Waals surface area contributed by atoms with Crippen molar-refractivity contribution in [1.82, 2.24) is 10.2 Å². The lowest BCUT2D eigenvalue weighted by molar-refractivity contribution is 0.158. The van der Waals surface area contributed by atoms with Gasteiger partial charge < -0.3 is 10.2 Å². The molecule has 16 heavy (non-hydrogen) atoms. The third kappa shape index (κ3) is 3.74. The molecular formula is C14H28N2. The van der Waals surface area contributed by atoms with Crippen LogP contribution < -0.4 is 5.32 Å². The minimum Gasteiger partial charge on any atom is -0.314 e. The molecule has 1 heterocycles. The summed E-state index contributed by atoms with van der Waals surface area (Å²) in [6.45, 7) is 6.27. The van der Waals surface area contributed by atoms with Gasteiger partial charge in [-0.05, 0) is 58.7 Å². The molecule has 1 atom stereocenters. The van der Waals surface area contributed by atoms with E-state index in [1.54, 1.807) is 0 Å². The monoisotopic (exact) mass is 224 g/mol. The SMILES string of the molecule is C[C@H]1CCCCN1CCCNC1CCCC1. The van der Waals surface area contributed by atoms with E-state index in [4.69, 9.17) is 0 Å². The highest BCUT2D eigenvalue weighted by molar-refractivity contribution is 4.75. The summed E-state index contributed by atoms with van der Waals surface area (Å²) in [6.07, 6.45) is 11.3. The fourth-order valence-electron chi connectivity index (χ4n) is 3.21. The van der Waals surface area contributed by atoms with E-state index in [1.807, 2.05) is 0 Å². The molecule has 0 bridgehead atoms. The molecule has 1 saturated heterocycles. The number of rotatable bonds is 5. The number of likely N-dealkylation sites (tertiary alicyclic amines) is 1. The van der Waals surface area contributed by atoms with Crippen LogP contribution in [0.3, 0.4) is 0 Å². The second kappa shape index (κ2) is 6.61. The molecule has 0 radical (unpaired) electrons. The molecule has 2 heteroatoms. The van der Waals surface area contributed by atoms with Crippen molar-refractivity contribution in [2.75, 3.05) is 19.6 Å². The molecule has 1 N–H and O–H groups in total. The smallest absolute Gasteiger partial charge is 0.00670 e. The summed E-state index contributed by atoms with van der Waals surface area (Å²) in [5, 5.41) is 3.71. The minimum atomic E-state index is 0.834. The molecule has 2 nitrogen and oxygen atoms in total. The van der Waals surface area contributed by atoms with Crippen molar-refractivity contribution in [1.29, 1.82) is 0 Å². The fraction of sp³-hybridized carbons (Fsp3) is 1.00. The van der Waals surface area contributed by atoms with Gasteiger partial charge in [0.15, 0.2) is 0 Å². The highest BCUT2D eigenvalue weighted by Gasteiger charge is 2.18. The van der Waals surface area contributed by atoms with Crippen LogP contribution >= 0.6 is 0 Å². The second-order valence-electron chi connectivity index (χ2n) is 5.67. The molecule has 1 saturated carbocycles. The van der Waals surface area contributed by atoms with E-state index in [1.165, 1.54) is 71.0 Å². The average molecular weight is 224 g/mol. The van der Waals surface area contributed by atoms with Crippen molar-refractivity contribution in [2.45, 2.75) is 70.4 Å². The normalized spacial score (nSPS) is 28.7. The van der Waals surface area contributed by atoms with Gasteiger partial charge in [0.1, 0.15) is 0 Å². The van der Waals surface area contributed by atoms with Crippen LogP contribution in [0.15, 0.2) is 0 Å². The minimum absolute atomic E-state index is 0.834. The maximum Gasteiger partial charge on any atom is 0.00670 e. The first kappa shape index (κ1) is 12.4. The fourth-order valence-corrected chi connectivity index (χ4v) is 3.21. The maximum atomic E-state index is 3.71. The van der Waals surface area contributed by atoms with Crippen molar-refractivity contribution in [2.24, 2.45) is 0 Å². The van der Waals surface area contributed by atoms with Crippen LogP contribution in [0.2, 0.25) is 0 Å². The number of hydrogen-bond donors (Lipinski definition) is 1. The first-order chi connectivity index (χ1) is 7.86. The van der Waals surface area contributed by atoms with Crippen LogP contribution in [0.1, 0.15) is 58.3 Å². The van der Waals surface area contributed by atoms with Gasteiger partial charge in [-0.25, -0.2) is 0 Å². The Bertz CT molecular complexity index is 187. The van der Waals surface area contributed by atoms with E-state index < -0.39 is 0 Å². The second-order valence-corrected chi connectivity index (χ2v) is 5.67. The molecule has 0 aromatic carbocycles. The van der Waals surface area contributed by atoms with Crippen LogP contribution in [0.5, 0.6) is 0 Å². The molecule has 2 fully saturated rings. The summed E-state index contributed by atoms with van der Waals surface area (Å²) in [4.78, 5) is 2.68. The highest BCUT2D eigenvalue weighted by atomic mass is 15.2. The topological polar surface area (TPSA) is 15.3 Å². The van der Waals surface area contributed by atoms with Crippen LogP contribution in [-0.2, 0) is 0 Å². The maximum absolute atomic E-state index is 3.71. The standard InChI is InChI=1S/C14H28N2/c1-13-7-4-5-11-16(13)12-6-10-15-14-8-2-3-9-14/h13-15H,2-12H2,1H3/t13-/m0/s1. The lowest BCUT2D eigenvalue weighted by Crippen LogP contribution is -2.39. The largest absolute Gasteiger partial charge is 0.314 e. The van der Waals surface area contributed by atoms with Crippen LogP contribution in [0.25, 0.3) is 0 Å². The van der Waals surface area contributed by atoms with Crippen molar-refractivity contribution in [3.63, 3.8) is 0 Å². The summed E-state index contributed by atoms with van der Waals surface area (Å²) in [5.41, 5.74) is 0. The summed E-state index contributed by atoms with van der Waals surface area (Å²) in [7, 11) is 0. The van der Waals surface area contributed by atoms with Crippen LogP contribution in [-0.4, -0.2) is 36.6 Å². The molecule has 0 aromatic heterocycles. The Morgan fingerprint density at radius 3 is 2.56 bits per heavy atom. The van der Waals surface area contributed by atoms with Gasteiger partial charge in [-0.1, -0.05) is 19.3 Å². The molecule has 0 spiro atoms. The Morgan fingerprint density at radius 1 is 1.06 bits per heavy atom. The van der Waals surface area contributed by atoms with Gasteiger partial charge in [0.05, 0.1) is 0 Å². The van der Waals surface area contributed by atoms with Gasteiger partial charge in [0, 0.05) is 12.1 Å². The summed E-state index contributed by atoms with van der Waals surface area (Å²) in [5.74, 6) is 0.